The maximum absolute atomic E-state index is 12.8. The Hall–Kier alpha value is -1.64. The maximum Gasteiger partial charge on any atom is 0.227 e. The Morgan fingerprint density at radius 1 is 1.13 bits per heavy atom. The second kappa shape index (κ2) is 8.85. The van der Waals surface area contributed by atoms with Crippen LogP contribution in [0.15, 0.2) is 41.1 Å². The summed E-state index contributed by atoms with van der Waals surface area (Å²) in [6, 6.07) is 7.71. The van der Waals surface area contributed by atoms with E-state index >= 15 is 0 Å². The van der Waals surface area contributed by atoms with E-state index in [1.165, 1.54) is 0 Å². The summed E-state index contributed by atoms with van der Waals surface area (Å²) in [6.45, 7) is 5.07. The Morgan fingerprint density at radius 3 is 2.37 bits per heavy atom. The first-order chi connectivity index (χ1) is 14.0. The molecule has 164 valence electrons. The Balaban J connectivity index is 1.59. The van der Waals surface area contributed by atoms with E-state index in [1.54, 1.807) is 20.8 Å². The van der Waals surface area contributed by atoms with E-state index in [4.69, 9.17) is 0 Å². The lowest BCUT2D eigenvalue weighted by atomic mass is 9.86. The molecule has 0 unspecified atom stereocenters. The summed E-state index contributed by atoms with van der Waals surface area (Å²) < 4.78 is 29.7. The SMILES string of the molecule is Cn1cc(Br)c(-c2cccc(NC(=O)[C@H]3CC[C@H](NS(=O)(=O)C(C)(C)C)CC3)c2)c1. The molecule has 2 N–H and O–H groups in total. The number of hydrogen-bond donors (Lipinski definition) is 2. The van der Waals surface area contributed by atoms with Crippen molar-refractivity contribution in [3.63, 3.8) is 0 Å². The molecule has 1 aliphatic carbocycles. The molecule has 0 bridgehead atoms. The molecule has 1 aromatic carbocycles. The van der Waals surface area contributed by atoms with Gasteiger partial charge in [0, 0.05) is 47.1 Å². The van der Waals surface area contributed by atoms with Crippen LogP contribution in [0.1, 0.15) is 46.5 Å². The normalized spacial score (nSPS) is 20.2. The Kier molecular flexibility index (Phi) is 6.79. The molecular weight excluding hydrogens is 466 g/mol. The Morgan fingerprint density at radius 2 is 1.80 bits per heavy atom. The zero-order valence-electron chi connectivity index (χ0n) is 17.9. The van der Waals surface area contributed by atoms with Gasteiger partial charge in [0.1, 0.15) is 0 Å². The highest BCUT2D eigenvalue weighted by atomic mass is 79.9. The van der Waals surface area contributed by atoms with E-state index in [-0.39, 0.29) is 17.9 Å². The Bertz CT molecular complexity index is 1020. The predicted molar refractivity (Wildman–Crippen MR) is 125 cm³/mol. The van der Waals surface area contributed by atoms with Crippen molar-refractivity contribution in [1.29, 1.82) is 0 Å². The van der Waals surface area contributed by atoms with Gasteiger partial charge in [-0.2, -0.15) is 0 Å². The minimum atomic E-state index is -3.37. The van der Waals surface area contributed by atoms with Crippen LogP contribution in [0.2, 0.25) is 0 Å². The number of anilines is 1. The monoisotopic (exact) mass is 495 g/mol. The topological polar surface area (TPSA) is 80.2 Å². The highest BCUT2D eigenvalue weighted by molar-refractivity contribution is 9.10. The number of halogens is 1. The summed E-state index contributed by atoms with van der Waals surface area (Å²) in [5.74, 6) is -0.107. The van der Waals surface area contributed by atoms with Gasteiger partial charge >= 0.3 is 0 Å². The number of hydrogen-bond acceptors (Lipinski definition) is 3. The van der Waals surface area contributed by atoms with Crippen molar-refractivity contribution >= 4 is 37.5 Å². The molecule has 1 aromatic heterocycles. The molecule has 1 amide bonds. The molecule has 1 heterocycles. The zero-order chi connectivity index (χ0) is 22.1. The highest BCUT2D eigenvalue weighted by Gasteiger charge is 2.34. The van der Waals surface area contributed by atoms with E-state index in [9.17, 15) is 13.2 Å². The van der Waals surface area contributed by atoms with Gasteiger partial charge in [0.2, 0.25) is 15.9 Å². The van der Waals surface area contributed by atoms with Crippen LogP contribution in [0, 0.1) is 5.92 Å². The van der Waals surface area contributed by atoms with Crippen LogP contribution in [0.25, 0.3) is 11.1 Å². The van der Waals surface area contributed by atoms with E-state index in [0.29, 0.717) is 25.7 Å². The lowest BCUT2D eigenvalue weighted by Crippen LogP contribution is -2.46. The summed E-state index contributed by atoms with van der Waals surface area (Å²) in [5, 5.41) is 3.04. The number of benzene rings is 1. The van der Waals surface area contributed by atoms with Crippen molar-refractivity contribution in [2.75, 3.05) is 5.32 Å². The Labute approximate surface area is 187 Å². The predicted octanol–water partition coefficient (Wildman–Crippen LogP) is 4.67. The van der Waals surface area contributed by atoms with Crippen molar-refractivity contribution in [3.8, 4) is 11.1 Å². The second-order valence-corrected chi connectivity index (χ2v) is 12.4. The number of carbonyl (C=O) groups is 1. The van der Waals surface area contributed by atoms with Crippen molar-refractivity contribution in [3.05, 3.63) is 41.1 Å². The number of amides is 1. The van der Waals surface area contributed by atoms with Crippen LogP contribution >= 0.6 is 15.9 Å². The number of sulfonamides is 1. The number of aryl methyl sites for hydroxylation is 1. The summed E-state index contributed by atoms with van der Waals surface area (Å²) in [6.07, 6.45) is 6.72. The molecule has 0 aliphatic heterocycles. The van der Waals surface area contributed by atoms with Crippen molar-refractivity contribution in [2.24, 2.45) is 13.0 Å². The fourth-order valence-electron chi connectivity index (χ4n) is 3.64. The zero-order valence-corrected chi connectivity index (χ0v) is 20.3. The number of aromatic nitrogens is 1. The van der Waals surface area contributed by atoms with Gasteiger partial charge in [-0.1, -0.05) is 12.1 Å². The molecule has 1 fully saturated rings. The van der Waals surface area contributed by atoms with E-state index in [0.717, 1.165) is 21.3 Å². The van der Waals surface area contributed by atoms with Gasteiger partial charge in [0.05, 0.1) is 4.75 Å². The van der Waals surface area contributed by atoms with Crippen LogP contribution in [-0.2, 0) is 21.9 Å². The summed E-state index contributed by atoms with van der Waals surface area (Å²) in [7, 11) is -1.40. The van der Waals surface area contributed by atoms with Crippen LogP contribution in [0.5, 0.6) is 0 Å². The molecule has 0 spiro atoms. The summed E-state index contributed by atoms with van der Waals surface area (Å²) >= 11 is 3.57. The van der Waals surface area contributed by atoms with Gasteiger partial charge in [-0.3, -0.25) is 4.79 Å². The number of nitrogens with zero attached hydrogens (tertiary/aromatic N) is 1. The highest BCUT2D eigenvalue weighted by Crippen LogP contribution is 2.31. The third kappa shape index (κ3) is 5.34. The quantitative estimate of drug-likeness (QED) is 0.632. The van der Waals surface area contributed by atoms with Crippen molar-refractivity contribution in [1.82, 2.24) is 9.29 Å². The standard InChI is InChI=1S/C22H30BrN3O3S/c1-22(2,3)30(28,29)25-17-10-8-15(9-11-17)21(27)24-18-7-5-6-16(12-18)19-13-26(4)14-20(19)23/h5-7,12-15,17,25H,8-11H2,1-4H3,(H,24,27)/t15-,17-. The fourth-order valence-corrected chi connectivity index (χ4v) is 5.32. The molecule has 2 aromatic rings. The van der Waals surface area contributed by atoms with Crippen LogP contribution in [-0.4, -0.2) is 29.7 Å². The minimum absolute atomic E-state index is 0.00333. The van der Waals surface area contributed by atoms with Crippen molar-refractivity contribution in [2.45, 2.75) is 57.2 Å². The van der Waals surface area contributed by atoms with Gasteiger partial charge in [0.15, 0.2) is 0 Å². The first-order valence-corrected chi connectivity index (χ1v) is 12.5. The summed E-state index contributed by atoms with van der Waals surface area (Å²) in [5.41, 5.74) is 2.87. The van der Waals surface area contributed by atoms with Gasteiger partial charge in [-0.25, -0.2) is 13.1 Å². The van der Waals surface area contributed by atoms with Crippen molar-refractivity contribution < 1.29 is 13.2 Å². The number of carbonyl (C=O) groups excluding carboxylic acids is 1. The molecule has 0 saturated heterocycles. The average molecular weight is 496 g/mol. The fraction of sp³-hybridized carbons (Fsp3) is 0.500. The van der Waals surface area contributed by atoms with Gasteiger partial charge in [-0.15, -0.1) is 0 Å². The molecule has 3 rings (SSSR count). The molecule has 1 aliphatic rings. The van der Waals surface area contributed by atoms with E-state index in [2.05, 4.69) is 26.0 Å². The largest absolute Gasteiger partial charge is 0.355 e. The molecular formula is C22H30BrN3O3S. The molecule has 0 atom stereocenters. The van der Waals surface area contributed by atoms with E-state index < -0.39 is 14.8 Å². The second-order valence-electron chi connectivity index (χ2n) is 9.04. The smallest absolute Gasteiger partial charge is 0.227 e. The summed E-state index contributed by atoms with van der Waals surface area (Å²) in [4.78, 5) is 12.8. The average Bonchev–Trinajstić information content (AvgIpc) is 2.99. The number of nitrogens with one attached hydrogen (secondary N) is 2. The maximum atomic E-state index is 12.8. The van der Waals surface area contributed by atoms with Gasteiger partial charge < -0.3 is 9.88 Å². The van der Waals surface area contributed by atoms with Crippen LogP contribution < -0.4 is 10.0 Å². The lowest BCUT2D eigenvalue weighted by molar-refractivity contribution is -0.120. The molecule has 0 radical (unpaired) electrons. The van der Waals surface area contributed by atoms with Crippen LogP contribution in [0.4, 0.5) is 5.69 Å². The lowest BCUT2D eigenvalue weighted by Gasteiger charge is -2.30. The van der Waals surface area contributed by atoms with Gasteiger partial charge in [-0.05, 0) is 80.1 Å². The van der Waals surface area contributed by atoms with Crippen LogP contribution in [0.3, 0.4) is 0 Å². The minimum Gasteiger partial charge on any atom is -0.355 e. The molecule has 6 nitrogen and oxygen atoms in total. The third-order valence-electron chi connectivity index (χ3n) is 5.57. The van der Waals surface area contributed by atoms with Gasteiger partial charge in [0.25, 0.3) is 0 Å². The molecule has 1 saturated carbocycles. The first-order valence-electron chi connectivity index (χ1n) is 10.2. The molecule has 30 heavy (non-hydrogen) atoms. The third-order valence-corrected chi connectivity index (χ3v) is 8.46. The first kappa shape index (κ1) is 23.0. The number of rotatable bonds is 5. The van der Waals surface area contributed by atoms with E-state index in [1.807, 2.05) is 48.3 Å². The molecule has 8 heteroatoms.